The fraction of sp³-hybridized carbons (Fsp3) is 0. The molecule has 0 aromatic carbocycles. The first kappa shape index (κ1) is 9.02. The van der Waals surface area contributed by atoms with E-state index in [1.807, 2.05) is 0 Å². The van der Waals surface area contributed by atoms with Gasteiger partial charge in [0.2, 0.25) is 0 Å². The van der Waals surface area contributed by atoms with Crippen molar-refractivity contribution in [3.8, 4) is 0 Å². The molecule has 0 radical (unpaired) electrons. The van der Waals surface area contributed by atoms with Crippen LogP contribution in [0.1, 0.15) is 0 Å². The van der Waals surface area contributed by atoms with Gasteiger partial charge in [-0.15, -0.1) is 0 Å². The number of hydrogen-bond acceptors (Lipinski definition) is 1. The van der Waals surface area contributed by atoms with Crippen LogP contribution in [0.15, 0.2) is 0 Å². The molecule has 16 valence electrons. The van der Waals surface area contributed by atoms with Gasteiger partial charge in [-0.25, -0.2) is 0 Å². The molecule has 0 atom stereocenters. The molecule has 0 aliphatic carbocycles. The van der Waals surface area contributed by atoms with Gasteiger partial charge in [-0.05, 0) is 6.08 Å². The van der Waals surface area contributed by atoms with E-state index in [-0.39, 0.29) is 18.9 Å². The van der Waals surface area contributed by atoms with E-state index >= 15 is 0 Å². The van der Waals surface area contributed by atoms with Crippen molar-refractivity contribution in [2.75, 3.05) is 0 Å². The average Bonchev–Trinajstić information content (AvgIpc) is 0.918. The molecule has 0 saturated heterocycles. The maximum Gasteiger partial charge on any atom is 1.00 e. The molecule has 0 aliphatic rings. The maximum absolute atomic E-state index is 8.24. The van der Waals surface area contributed by atoms with Crippen molar-refractivity contribution in [1.29, 1.82) is 0 Å². The number of isocyanates is 1. The zero-order chi connectivity index (χ0) is 2.71. The van der Waals surface area contributed by atoms with E-state index in [0.29, 0.717) is 6.08 Å². The van der Waals surface area contributed by atoms with E-state index in [9.17, 15) is 0 Å². The summed E-state index contributed by atoms with van der Waals surface area (Å²) < 4.78 is 0. The quantitative estimate of drug-likeness (QED) is 0.162. The third kappa shape index (κ3) is 3700. The topological polar surface area (TPSA) is 39.4 Å². The maximum atomic E-state index is 8.24. The minimum atomic E-state index is 0. The summed E-state index contributed by atoms with van der Waals surface area (Å²) in [5, 5.41) is 6.76. The second-order valence-corrected chi connectivity index (χ2v) is 0.0913. The van der Waals surface area contributed by atoms with Crippen molar-refractivity contribution in [2.45, 2.75) is 0 Å². The molecule has 0 aliphatic heterocycles. The van der Waals surface area contributed by atoms with Gasteiger partial charge in [0.15, 0.2) is 0 Å². The smallest absolute Gasteiger partial charge is 0.724 e. The molecule has 0 heterocycles. The van der Waals surface area contributed by atoms with Crippen LogP contribution in [0.4, 0.5) is 0 Å². The first-order valence-electron chi connectivity index (χ1n) is 0.428. The Bertz CT molecular complexity index is 29.0. The second kappa shape index (κ2) is 12.2. The molecule has 0 aromatic heterocycles. The number of nitrogens with zero attached hydrogens (tertiary/aromatic N) is 1. The Labute approximate surface area is 35.9 Å². The summed E-state index contributed by atoms with van der Waals surface area (Å²) in [7, 11) is 0. The van der Waals surface area contributed by atoms with E-state index in [4.69, 9.17) is 10.2 Å². The first-order valence-corrected chi connectivity index (χ1v) is 0.428. The summed E-state index contributed by atoms with van der Waals surface area (Å²) in [4.78, 5) is 8.24. The Kier molecular flexibility index (Phi) is 27.5. The fourth-order valence-corrected chi connectivity index (χ4v) is 0. The Morgan fingerprint density at radius 3 is 1.75 bits per heavy atom. The van der Waals surface area contributed by atoms with Gasteiger partial charge < -0.3 is 5.41 Å². The van der Waals surface area contributed by atoms with Crippen molar-refractivity contribution >= 4 is 6.08 Å². The van der Waals surface area contributed by atoms with Crippen LogP contribution in [0.2, 0.25) is 0 Å². The molecule has 0 spiro atoms. The van der Waals surface area contributed by atoms with Crippen LogP contribution in [0, 0.1) is 0 Å². The van der Waals surface area contributed by atoms with Crippen molar-refractivity contribution in [2.24, 2.45) is 0 Å². The molecule has 0 aromatic rings. The molecule has 2 nitrogen and oxygen atoms in total. The van der Waals surface area contributed by atoms with Gasteiger partial charge in [-0.3, -0.25) is 4.79 Å². The summed E-state index contributed by atoms with van der Waals surface area (Å²) in [6.07, 6.45) is 0.500. The fourth-order valence-electron chi connectivity index (χ4n) is 0. The van der Waals surface area contributed by atoms with Gasteiger partial charge in [0, 0.05) is 0 Å². The molecule has 0 N–H and O–H groups in total. The molecular weight excluding hydrogens is 49.0 g/mol. The Hall–Kier alpha value is -0.0226. The van der Waals surface area contributed by atoms with Crippen molar-refractivity contribution < 1.29 is 23.7 Å². The SMILES string of the molecule is [Li+].[N-]=C=O. The molecule has 0 fully saturated rings. The van der Waals surface area contributed by atoms with E-state index in [2.05, 4.69) is 0 Å². The van der Waals surface area contributed by atoms with Crippen LogP contribution in [0.3, 0.4) is 0 Å². The first-order chi connectivity index (χ1) is 1.41. The van der Waals surface area contributed by atoms with Crippen LogP contribution in [0.25, 0.3) is 5.41 Å². The molecule has 3 heteroatoms. The van der Waals surface area contributed by atoms with E-state index in [0.717, 1.165) is 0 Å². The van der Waals surface area contributed by atoms with E-state index in [1.165, 1.54) is 0 Å². The Morgan fingerprint density at radius 1 is 1.75 bits per heavy atom. The minimum absolute atomic E-state index is 0. The summed E-state index contributed by atoms with van der Waals surface area (Å²) >= 11 is 0. The zero-order valence-corrected chi connectivity index (χ0v) is 2.36. The van der Waals surface area contributed by atoms with Gasteiger partial charge in [-0.2, -0.15) is 0 Å². The largest absolute Gasteiger partial charge is 1.00 e. The van der Waals surface area contributed by atoms with E-state index < -0.39 is 0 Å². The predicted molar refractivity (Wildman–Crippen MR) is 9.05 cm³/mol. The number of carbonyl (C=O) groups excluding carboxylic acids is 1. The molecule has 0 rings (SSSR count). The van der Waals surface area contributed by atoms with Crippen LogP contribution in [0.5, 0.6) is 0 Å². The van der Waals surface area contributed by atoms with Crippen LogP contribution in [-0.4, -0.2) is 6.08 Å². The van der Waals surface area contributed by atoms with Crippen LogP contribution >= 0.6 is 0 Å². The van der Waals surface area contributed by atoms with Crippen molar-refractivity contribution in [3.63, 3.8) is 0 Å². The zero-order valence-electron chi connectivity index (χ0n) is 2.36. The number of hydrogen-bond donors (Lipinski definition) is 0. The molecule has 0 unspecified atom stereocenters. The second-order valence-electron chi connectivity index (χ2n) is 0.0913. The summed E-state index contributed by atoms with van der Waals surface area (Å²) in [6, 6.07) is 0. The summed E-state index contributed by atoms with van der Waals surface area (Å²) in [5.74, 6) is 0. The van der Waals surface area contributed by atoms with Gasteiger partial charge in [-0.1, -0.05) is 0 Å². The van der Waals surface area contributed by atoms with Crippen molar-refractivity contribution in [3.05, 3.63) is 5.41 Å². The Balaban J connectivity index is 0. The van der Waals surface area contributed by atoms with Gasteiger partial charge >= 0.3 is 18.9 Å². The summed E-state index contributed by atoms with van der Waals surface area (Å²) in [5.41, 5.74) is 0. The van der Waals surface area contributed by atoms with Gasteiger partial charge in [0.1, 0.15) is 0 Å². The molecule has 0 saturated carbocycles. The standard InChI is InChI=1S/CNO.Li/c2-1-3;/q-1;+1. The van der Waals surface area contributed by atoms with Crippen molar-refractivity contribution in [1.82, 2.24) is 0 Å². The summed E-state index contributed by atoms with van der Waals surface area (Å²) in [6.45, 7) is 0. The molecule has 4 heavy (non-hydrogen) atoms. The van der Waals surface area contributed by atoms with Gasteiger partial charge in [0.05, 0.1) is 0 Å². The average molecular weight is 49.0 g/mol. The normalized spacial score (nSPS) is 2.00. The van der Waals surface area contributed by atoms with E-state index in [1.54, 1.807) is 0 Å². The van der Waals surface area contributed by atoms with Crippen LogP contribution in [-0.2, 0) is 4.79 Å². The monoisotopic (exact) mass is 49.0 g/mol. The van der Waals surface area contributed by atoms with Gasteiger partial charge in [0.25, 0.3) is 0 Å². The third-order valence-electron chi connectivity index (χ3n) is 0. The molecule has 0 amide bonds. The molecular formula is CLiNO. The van der Waals surface area contributed by atoms with Crippen LogP contribution < -0.4 is 18.9 Å². The number of rotatable bonds is 0. The molecule has 0 bridgehead atoms. The minimum Gasteiger partial charge on any atom is -0.724 e. The third-order valence-corrected chi connectivity index (χ3v) is 0. The predicted octanol–water partition coefficient (Wildman–Crippen LogP) is -3.10. The Morgan fingerprint density at radius 2 is 1.75 bits per heavy atom.